The molecule has 1 saturated heterocycles. The van der Waals surface area contributed by atoms with Gasteiger partial charge >= 0.3 is 0 Å². The van der Waals surface area contributed by atoms with Crippen molar-refractivity contribution < 1.29 is 14.7 Å². The van der Waals surface area contributed by atoms with Crippen molar-refractivity contribution in [1.29, 1.82) is 0 Å². The van der Waals surface area contributed by atoms with Crippen molar-refractivity contribution in [2.75, 3.05) is 18.0 Å². The van der Waals surface area contributed by atoms with E-state index >= 15 is 0 Å². The van der Waals surface area contributed by atoms with Crippen LogP contribution in [0, 0.1) is 0 Å². The van der Waals surface area contributed by atoms with Gasteiger partial charge in [-0.05, 0) is 18.6 Å². The molecule has 1 aromatic carbocycles. The molecule has 0 aliphatic carbocycles. The van der Waals surface area contributed by atoms with Gasteiger partial charge in [-0.1, -0.05) is 19.1 Å². The number of benzene rings is 1. The number of para-hydroxylation sites is 1. The summed E-state index contributed by atoms with van der Waals surface area (Å²) in [5, 5.41) is 12.3. The fourth-order valence-electron chi connectivity index (χ4n) is 2.16. The highest BCUT2D eigenvalue weighted by molar-refractivity contribution is 6.05. The average molecular weight is 262 g/mol. The van der Waals surface area contributed by atoms with Crippen molar-refractivity contribution in [1.82, 2.24) is 5.32 Å². The summed E-state index contributed by atoms with van der Waals surface area (Å²) in [6.07, 6.45) is 0.319. The van der Waals surface area contributed by atoms with E-state index in [1.807, 2.05) is 6.92 Å². The lowest BCUT2D eigenvalue weighted by Gasteiger charge is -2.19. The first-order valence-corrected chi connectivity index (χ1v) is 6.49. The topological polar surface area (TPSA) is 69.6 Å². The van der Waals surface area contributed by atoms with Crippen LogP contribution < -0.4 is 10.2 Å². The molecule has 2 N–H and O–H groups in total. The number of β-amino-alcohol motifs (C(OH)–C–C–N with tert-alkyl or cyclic N) is 1. The van der Waals surface area contributed by atoms with Crippen molar-refractivity contribution in [3.8, 4) is 0 Å². The highest BCUT2D eigenvalue weighted by Crippen LogP contribution is 2.25. The highest BCUT2D eigenvalue weighted by Gasteiger charge is 2.31. The summed E-state index contributed by atoms with van der Waals surface area (Å²) >= 11 is 0. The molecular weight excluding hydrogens is 244 g/mol. The first kappa shape index (κ1) is 13.5. The maximum Gasteiger partial charge on any atom is 0.253 e. The number of nitrogens with one attached hydrogen (secondary N) is 1. The van der Waals surface area contributed by atoms with Crippen molar-refractivity contribution in [3.63, 3.8) is 0 Å². The quantitative estimate of drug-likeness (QED) is 0.848. The second kappa shape index (κ2) is 5.84. The summed E-state index contributed by atoms with van der Waals surface area (Å²) < 4.78 is 0. The van der Waals surface area contributed by atoms with E-state index in [2.05, 4.69) is 5.32 Å². The first-order chi connectivity index (χ1) is 9.13. The van der Waals surface area contributed by atoms with Gasteiger partial charge < -0.3 is 15.3 Å². The van der Waals surface area contributed by atoms with Gasteiger partial charge in [0, 0.05) is 6.54 Å². The summed E-state index contributed by atoms with van der Waals surface area (Å²) in [5.74, 6) is -0.338. The Morgan fingerprint density at radius 3 is 2.84 bits per heavy atom. The minimum atomic E-state index is -0.653. The molecule has 0 bridgehead atoms. The summed E-state index contributed by atoms with van der Waals surface area (Å²) in [5.41, 5.74) is 1.04. The summed E-state index contributed by atoms with van der Waals surface area (Å²) in [4.78, 5) is 25.3. The molecule has 0 radical (unpaired) electrons. The Hall–Kier alpha value is -1.88. The minimum absolute atomic E-state index is 0.116. The molecule has 0 saturated carbocycles. The number of carbonyl (C=O) groups excluding carboxylic acids is 2. The molecule has 1 aliphatic rings. The van der Waals surface area contributed by atoms with Crippen LogP contribution in [0.25, 0.3) is 0 Å². The molecule has 2 rings (SSSR count). The Balaban J connectivity index is 2.26. The van der Waals surface area contributed by atoms with Crippen LogP contribution in [0.2, 0.25) is 0 Å². The van der Waals surface area contributed by atoms with Gasteiger partial charge in [0.15, 0.2) is 0 Å². The number of hydrogen-bond acceptors (Lipinski definition) is 3. The molecule has 0 aromatic heterocycles. The van der Waals surface area contributed by atoms with E-state index in [0.29, 0.717) is 17.8 Å². The van der Waals surface area contributed by atoms with Gasteiger partial charge in [-0.3, -0.25) is 9.59 Å². The minimum Gasteiger partial charge on any atom is -0.391 e. The second-order valence-electron chi connectivity index (χ2n) is 4.64. The van der Waals surface area contributed by atoms with E-state index in [1.54, 1.807) is 24.3 Å². The summed E-state index contributed by atoms with van der Waals surface area (Å²) in [6.45, 7) is 2.83. The van der Waals surface area contributed by atoms with Crippen molar-refractivity contribution in [2.45, 2.75) is 25.9 Å². The Kier molecular flexibility index (Phi) is 4.16. The number of anilines is 1. The smallest absolute Gasteiger partial charge is 0.253 e. The van der Waals surface area contributed by atoms with Gasteiger partial charge in [-0.15, -0.1) is 0 Å². The molecule has 5 heteroatoms. The number of nitrogens with zero attached hydrogens (tertiary/aromatic N) is 1. The van der Waals surface area contributed by atoms with Crippen LogP contribution in [-0.4, -0.2) is 36.1 Å². The van der Waals surface area contributed by atoms with Gasteiger partial charge in [-0.2, -0.15) is 0 Å². The van der Waals surface area contributed by atoms with E-state index in [4.69, 9.17) is 0 Å². The molecule has 0 spiro atoms. The molecule has 5 nitrogen and oxygen atoms in total. The standard InChI is InChI=1S/C14H18N2O3/c1-2-7-15-14(19)11-5-3-4-6-12(11)16-9-10(17)8-13(16)18/h3-6,10,17H,2,7-9H2,1H3,(H,15,19). The van der Waals surface area contributed by atoms with Crippen molar-refractivity contribution in [3.05, 3.63) is 29.8 Å². The third-order valence-corrected chi connectivity index (χ3v) is 3.08. The van der Waals surface area contributed by atoms with E-state index in [0.717, 1.165) is 6.42 Å². The highest BCUT2D eigenvalue weighted by atomic mass is 16.3. The lowest BCUT2D eigenvalue weighted by molar-refractivity contribution is -0.117. The van der Waals surface area contributed by atoms with E-state index in [1.165, 1.54) is 4.90 Å². The Morgan fingerprint density at radius 2 is 2.21 bits per heavy atom. The van der Waals surface area contributed by atoms with Gasteiger partial charge in [0.05, 0.1) is 30.3 Å². The maximum absolute atomic E-state index is 12.1. The molecule has 1 unspecified atom stereocenters. The zero-order chi connectivity index (χ0) is 13.8. The number of carbonyl (C=O) groups is 2. The van der Waals surface area contributed by atoms with Gasteiger partial charge in [0.1, 0.15) is 0 Å². The fourth-order valence-corrected chi connectivity index (χ4v) is 2.16. The van der Waals surface area contributed by atoms with Crippen molar-refractivity contribution >= 4 is 17.5 Å². The predicted octanol–water partition coefficient (Wildman–Crippen LogP) is 0.924. The second-order valence-corrected chi connectivity index (χ2v) is 4.64. The molecule has 1 fully saturated rings. The Labute approximate surface area is 112 Å². The fraction of sp³-hybridized carbons (Fsp3) is 0.429. The van der Waals surface area contributed by atoms with E-state index in [-0.39, 0.29) is 24.8 Å². The van der Waals surface area contributed by atoms with Gasteiger partial charge in [0.25, 0.3) is 5.91 Å². The number of hydrogen-bond donors (Lipinski definition) is 2. The third kappa shape index (κ3) is 2.93. The molecule has 1 aromatic rings. The largest absolute Gasteiger partial charge is 0.391 e. The SMILES string of the molecule is CCCNC(=O)c1ccccc1N1CC(O)CC1=O. The van der Waals surface area contributed by atoms with Crippen LogP contribution in [0.4, 0.5) is 5.69 Å². The zero-order valence-corrected chi connectivity index (χ0v) is 10.9. The van der Waals surface area contributed by atoms with Crippen LogP contribution in [0.3, 0.4) is 0 Å². The van der Waals surface area contributed by atoms with Gasteiger partial charge in [0.2, 0.25) is 5.91 Å². The molecule has 19 heavy (non-hydrogen) atoms. The number of amides is 2. The summed E-state index contributed by atoms with van der Waals surface area (Å²) in [6, 6.07) is 6.97. The summed E-state index contributed by atoms with van der Waals surface area (Å²) in [7, 11) is 0. The Morgan fingerprint density at radius 1 is 1.47 bits per heavy atom. The lowest BCUT2D eigenvalue weighted by Crippen LogP contribution is -2.30. The monoisotopic (exact) mass is 262 g/mol. The average Bonchev–Trinajstić information content (AvgIpc) is 2.75. The predicted molar refractivity (Wildman–Crippen MR) is 72.0 cm³/mol. The first-order valence-electron chi connectivity index (χ1n) is 6.49. The molecule has 1 atom stereocenters. The van der Waals surface area contributed by atoms with Gasteiger partial charge in [-0.25, -0.2) is 0 Å². The maximum atomic E-state index is 12.1. The number of aliphatic hydroxyl groups excluding tert-OH is 1. The van der Waals surface area contributed by atoms with E-state index in [9.17, 15) is 14.7 Å². The normalized spacial score (nSPS) is 18.7. The van der Waals surface area contributed by atoms with Crippen LogP contribution in [0.1, 0.15) is 30.1 Å². The van der Waals surface area contributed by atoms with Crippen LogP contribution in [0.5, 0.6) is 0 Å². The zero-order valence-electron chi connectivity index (χ0n) is 10.9. The number of rotatable bonds is 4. The molecule has 2 amide bonds. The van der Waals surface area contributed by atoms with Crippen LogP contribution in [-0.2, 0) is 4.79 Å². The number of aliphatic hydroxyl groups is 1. The Bertz CT molecular complexity index is 487. The lowest BCUT2D eigenvalue weighted by atomic mass is 10.1. The molecule has 102 valence electrons. The van der Waals surface area contributed by atoms with E-state index < -0.39 is 6.10 Å². The molecule has 1 heterocycles. The van der Waals surface area contributed by atoms with Crippen LogP contribution in [0.15, 0.2) is 24.3 Å². The molecule has 1 aliphatic heterocycles. The van der Waals surface area contributed by atoms with Crippen molar-refractivity contribution in [2.24, 2.45) is 0 Å². The van der Waals surface area contributed by atoms with Crippen LogP contribution >= 0.6 is 0 Å². The molecular formula is C14H18N2O3. The third-order valence-electron chi connectivity index (χ3n) is 3.08.